The van der Waals surface area contributed by atoms with Gasteiger partial charge in [0.2, 0.25) is 10.0 Å². The van der Waals surface area contributed by atoms with Crippen molar-refractivity contribution >= 4 is 45.0 Å². The Morgan fingerprint density at radius 2 is 1.88 bits per heavy atom. The number of aromatic nitrogens is 1. The van der Waals surface area contributed by atoms with Gasteiger partial charge in [0.15, 0.2) is 5.69 Å². The molecule has 0 amide bonds. The number of alkyl halides is 3. The molecule has 0 aliphatic carbocycles. The molecular formula is C20H17Cl2F3N4O4S. The van der Waals surface area contributed by atoms with Crippen LogP contribution in [-0.2, 0) is 20.9 Å². The molecule has 2 aromatic rings. The van der Waals surface area contributed by atoms with Crippen molar-refractivity contribution in [3.8, 4) is 6.07 Å². The molecule has 0 spiro atoms. The fourth-order valence-corrected chi connectivity index (χ4v) is 5.53. The van der Waals surface area contributed by atoms with Crippen LogP contribution in [0.15, 0.2) is 29.2 Å². The molecule has 34 heavy (non-hydrogen) atoms. The topological polar surface area (TPSA) is 104 Å². The molecule has 1 saturated heterocycles. The van der Waals surface area contributed by atoms with E-state index in [0.717, 1.165) is 10.4 Å². The van der Waals surface area contributed by atoms with Gasteiger partial charge in [-0.25, -0.2) is 18.2 Å². The van der Waals surface area contributed by atoms with Crippen molar-refractivity contribution in [1.29, 1.82) is 5.26 Å². The van der Waals surface area contributed by atoms with Crippen molar-refractivity contribution in [3.63, 3.8) is 0 Å². The molecule has 0 radical (unpaired) electrons. The van der Waals surface area contributed by atoms with Crippen LogP contribution in [0.4, 0.5) is 19.0 Å². The van der Waals surface area contributed by atoms with Gasteiger partial charge < -0.3 is 9.64 Å². The molecule has 0 unspecified atom stereocenters. The second-order valence-corrected chi connectivity index (χ2v) is 9.72. The third kappa shape index (κ3) is 5.07. The molecule has 0 N–H and O–H groups in total. The average Bonchev–Trinajstić information content (AvgIpc) is 2.79. The summed E-state index contributed by atoms with van der Waals surface area (Å²) in [5.41, 5.74) is -2.63. The van der Waals surface area contributed by atoms with E-state index in [4.69, 9.17) is 23.2 Å². The minimum Gasteiger partial charge on any atom is -0.462 e. The second-order valence-electron chi connectivity index (χ2n) is 7.03. The third-order valence-corrected chi connectivity index (χ3v) is 7.83. The van der Waals surface area contributed by atoms with E-state index < -0.39 is 33.4 Å². The lowest BCUT2D eigenvalue weighted by Gasteiger charge is -2.35. The smallest absolute Gasteiger partial charge is 0.434 e. The van der Waals surface area contributed by atoms with E-state index in [1.807, 2.05) is 0 Å². The van der Waals surface area contributed by atoms with Crippen molar-refractivity contribution < 1.29 is 31.1 Å². The van der Waals surface area contributed by atoms with Crippen LogP contribution in [0.5, 0.6) is 0 Å². The molecule has 1 aromatic carbocycles. The average molecular weight is 537 g/mol. The van der Waals surface area contributed by atoms with Crippen molar-refractivity contribution in [2.45, 2.75) is 18.0 Å². The lowest BCUT2D eigenvalue weighted by molar-refractivity contribution is -0.141. The summed E-state index contributed by atoms with van der Waals surface area (Å²) in [6.07, 6.45) is -4.99. The Balaban J connectivity index is 1.92. The fourth-order valence-electron chi connectivity index (χ4n) is 3.37. The van der Waals surface area contributed by atoms with Crippen LogP contribution in [0.1, 0.15) is 28.5 Å². The molecule has 14 heteroatoms. The first-order valence-electron chi connectivity index (χ1n) is 9.80. The summed E-state index contributed by atoms with van der Waals surface area (Å²) in [7, 11) is -4.03. The van der Waals surface area contributed by atoms with E-state index in [1.54, 1.807) is 6.07 Å². The summed E-state index contributed by atoms with van der Waals surface area (Å²) in [5.74, 6) is -1.56. The standard InChI is InChI=1S/C20H17Cl2F3N4O4S/c1-2-33-19(30)13-10-12(11-26)18(27-17(13)20(23,24)25)28-6-8-29(9-7-28)34(31,32)15-5-3-4-14(21)16(15)22/h3-5,10H,2,6-9H2,1H3. The second kappa shape index (κ2) is 9.95. The van der Waals surface area contributed by atoms with Gasteiger partial charge in [-0.1, -0.05) is 29.3 Å². The highest BCUT2D eigenvalue weighted by atomic mass is 35.5. The maximum absolute atomic E-state index is 13.6. The van der Waals surface area contributed by atoms with E-state index in [9.17, 15) is 31.6 Å². The first-order valence-corrected chi connectivity index (χ1v) is 12.0. The van der Waals surface area contributed by atoms with E-state index >= 15 is 0 Å². The summed E-state index contributed by atoms with van der Waals surface area (Å²) in [5, 5.41) is 9.41. The molecule has 1 aromatic heterocycles. The number of hydrogen-bond donors (Lipinski definition) is 0. The molecule has 0 atom stereocenters. The van der Waals surface area contributed by atoms with E-state index in [0.29, 0.717) is 0 Å². The van der Waals surface area contributed by atoms with Crippen molar-refractivity contribution in [3.05, 3.63) is 51.1 Å². The predicted molar refractivity (Wildman–Crippen MR) is 117 cm³/mol. The number of carbonyl (C=O) groups is 1. The first kappa shape index (κ1) is 26.0. The van der Waals surface area contributed by atoms with Gasteiger partial charge in [0, 0.05) is 26.2 Å². The normalized spacial score (nSPS) is 15.1. The molecule has 1 aliphatic rings. The number of nitriles is 1. The number of anilines is 1. The lowest BCUT2D eigenvalue weighted by Crippen LogP contribution is -2.49. The van der Waals surface area contributed by atoms with Crippen LogP contribution in [0.3, 0.4) is 0 Å². The van der Waals surface area contributed by atoms with Crippen LogP contribution in [-0.4, -0.2) is 56.5 Å². The van der Waals surface area contributed by atoms with Gasteiger partial charge in [-0.05, 0) is 25.1 Å². The van der Waals surface area contributed by atoms with Gasteiger partial charge in [-0.15, -0.1) is 0 Å². The number of hydrogen-bond acceptors (Lipinski definition) is 7. The maximum atomic E-state index is 13.6. The number of sulfonamides is 1. The number of piperazine rings is 1. The zero-order valence-electron chi connectivity index (χ0n) is 17.6. The summed E-state index contributed by atoms with van der Waals surface area (Å²) in [4.78, 5) is 16.8. The Morgan fingerprint density at radius 3 is 2.44 bits per heavy atom. The van der Waals surface area contributed by atoms with Crippen LogP contribution in [0, 0.1) is 11.3 Å². The number of pyridine rings is 1. The lowest BCUT2D eigenvalue weighted by atomic mass is 10.1. The van der Waals surface area contributed by atoms with Gasteiger partial charge in [-0.3, -0.25) is 0 Å². The summed E-state index contributed by atoms with van der Waals surface area (Å²) < 4.78 is 72.6. The Bertz CT molecular complexity index is 1260. The highest BCUT2D eigenvalue weighted by Gasteiger charge is 2.40. The van der Waals surface area contributed by atoms with Crippen LogP contribution in [0.2, 0.25) is 10.0 Å². The van der Waals surface area contributed by atoms with Crippen molar-refractivity contribution in [2.75, 3.05) is 37.7 Å². The van der Waals surface area contributed by atoms with Crippen LogP contribution < -0.4 is 4.90 Å². The van der Waals surface area contributed by atoms with Crippen molar-refractivity contribution in [1.82, 2.24) is 9.29 Å². The summed E-state index contributed by atoms with van der Waals surface area (Å²) in [6, 6.07) is 6.71. The molecule has 3 rings (SSSR count). The highest BCUT2D eigenvalue weighted by Crippen LogP contribution is 2.35. The van der Waals surface area contributed by atoms with Gasteiger partial charge in [0.1, 0.15) is 16.8 Å². The monoisotopic (exact) mass is 536 g/mol. The quantitative estimate of drug-likeness (QED) is 0.532. The number of rotatable bonds is 5. The Kier molecular flexibility index (Phi) is 7.62. The number of nitrogens with zero attached hydrogens (tertiary/aromatic N) is 4. The largest absolute Gasteiger partial charge is 0.462 e. The number of carbonyl (C=O) groups excluding carboxylic acids is 1. The fraction of sp³-hybridized carbons (Fsp3) is 0.350. The number of ether oxygens (including phenoxy) is 1. The zero-order valence-corrected chi connectivity index (χ0v) is 19.9. The minimum absolute atomic E-state index is 0.0604. The zero-order chi connectivity index (χ0) is 25.3. The highest BCUT2D eigenvalue weighted by molar-refractivity contribution is 7.89. The van der Waals surface area contributed by atoms with Gasteiger partial charge in [0.05, 0.1) is 27.8 Å². The number of halogens is 5. The van der Waals surface area contributed by atoms with E-state index in [1.165, 1.54) is 30.0 Å². The third-order valence-electron chi connectivity index (χ3n) is 4.96. The molecule has 1 aliphatic heterocycles. The first-order chi connectivity index (χ1) is 15.9. The molecular weight excluding hydrogens is 520 g/mol. The van der Waals surface area contributed by atoms with Crippen LogP contribution >= 0.6 is 23.2 Å². The molecule has 2 heterocycles. The predicted octanol–water partition coefficient (Wildman–Crippen LogP) is 3.97. The molecule has 8 nitrogen and oxygen atoms in total. The Labute approximate surface area is 203 Å². The summed E-state index contributed by atoms with van der Waals surface area (Å²) in [6.45, 7) is 0.927. The number of esters is 1. The van der Waals surface area contributed by atoms with E-state index in [-0.39, 0.29) is 59.1 Å². The molecule has 0 bridgehead atoms. The van der Waals surface area contributed by atoms with Crippen molar-refractivity contribution in [2.24, 2.45) is 0 Å². The Morgan fingerprint density at radius 1 is 1.24 bits per heavy atom. The Hall–Kier alpha value is -2.59. The SMILES string of the molecule is CCOC(=O)c1cc(C#N)c(N2CCN(S(=O)(=O)c3cccc(Cl)c3Cl)CC2)nc1C(F)(F)F. The van der Waals surface area contributed by atoms with Gasteiger partial charge in [0.25, 0.3) is 0 Å². The van der Waals surface area contributed by atoms with Gasteiger partial charge >= 0.3 is 12.1 Å². The molecule has 182 valence electrons. The molecule has 1 fully saturated rings. The van der Waals surface area contributed by atoms with Crippen LogP contribution in [0.25, 0.3) is 0 Å². The number of benzene rings is 1. The maximum Gasteiger partial charge on any atom is 0.434 e. The van der Waals surface area contributed by atoms with E-state index in [2.05, 4.69) is 9.72 Å². The molecule has 0 saturated carbocycles. The minimum atomic E-state index is -4.99. The summed E-state index contributed by atoms with van der Waals surface area (Å²) >= 11 is 12.0. The van der Waals surface area contributed by atoms with Gasteiger partial charge in [-0.2, -0.15) is 22.7 Å².